The predicted octanol–water partition coefficient (Wildman–Crippen LogP) is 0.618. The van der Waals surface area contributed by atoms with Crippen molar-refractivity contribution in [2.24, 2.45) is 16.5 Å². The van der Waals surface area contributed by atoms with Crippen molar-refractivity contribution in [1.82, 2.24) is 0 Å². The number of nitrogens with zero attached hydrogens (tertiary/aromatic N) is 1. The predicted molar refractivity (Wildman–Crippen MR) is 66.6 cm³/mol. The zero-order valence-electron chi connectivity index (χ0n) is 8.06. The van der Waals surface area contributed by atoms with Crippen LogP contribution >= 0.6 is 36.4 Å². The van der Waals surface area contributed by atoms with Gasteiger partial charge in [-0.15, -0.1) is 36.4 Å². The second-order valence-corrected chi connectivity index (χ2v) is 2.86. The van der Waals surface area contributed by atoms with Crippen LogP contribution in [-0.2, 0) is 4.79 Å². The summed E-state index contributed by atoms with van der Waals surface area (Å²) < 4.78 is 0. The fourth-order valence-electron chi connectivity index (χ4n) is 0.700. The first-order valence-electron chi connectivity index (χ1n) is 3.91. The lowest BCUT2D eigenvalue weighted by Gasteiger charge is -2.03. The first-order valence-corrected chi connectivity index (χ1v) is 4.44. The van der Waals surface area contributed by atoms with Gasteiger partial charge in [-0.25, -0.2) is 0 Å². The van der Waals surface area contributed by atoms with Crippen LogP contribution in [0.2, 0.25) is 0 Å². The van der Waals surface area contributed by atoms with Crippen LogP contribution in [0.4, 0.5) is 0 Å². The molecule has 0 spiro atoms. The maximum absolute atomic E-state index is 10.3. The van der Waals surface area contributed by atoms with Gasteiger partial charge in [0.1, 0.15) is 11.9 Å². The number of halogens is 3. The Bertz CT molecular complexity index is 202. The molecule has 0 unspecified atom stereocenters. The highest BCUT2D eigenvalue weighted by Crippen LogP contribution is 1.95. The van der Waals surface area contributed by atoms with Gasteiger partial charge < -0.3 is 16.6 Å². The zero-order valence-corrected chi connectivity index (χ0v) is 10.4. The van der Waals surface area contributed by atoms with Crippen LogP contribution in [-0.4, -0.2) is 35.4 Å². The van der Waals surface area contributed by atoms with Crippen molar-refractivity contribution in [3.63, 3.8) is 0 Å². The van der Waals surface area contributed by atoms with Crippen LogP contribution in [0.15, 0.2) is 4.99 Å². The summed E-state index contributed by atoms with van der Waals surface area (Å²) in [4.78, 5) is 14.2. The number of aliphatic imine (C=N–C) groups is 1. The van der Waals surface area contributed by atoms with Crippen LogP contribution in [0.1, 0.15) is 12.8 Å². The molecule has 0 aliphatic heterocycles. The number of aliphatic carboxylic acids is 1. The Balaban J connectivity index is -0.000000720. The third-order valence-electron chi connectivity index (χ3n) is 1.44. The van der Waals surface area contributed by atoms with Crippen molar-refractivity contribution >= 4 is 48.2 Å². The average molecular weight is 281 g/mol. The molecular weight excluding hydrogens is 264 g/mol. The average Bonchev–Trinajstić information content (AvgIpc) is 2.11. The number of alkyl halides is 1. The third kappa shape index (κ3) is 11.7. The Hall–Kier alpha value is -0.230. The summed E-state index contributed by atoms with van der Waals surface area (Å²) in [5.74, 6) is -0.426. The summed E-state index contributed by atoms with van der Waals surface area (Å²) in [6.07, 6.45) is 0.999. The van der Waals surface area contributed by atoms with Crippen LogP contribution in [0.5, 0.6) is 0 Å². The van der Waals surface area contributed by atoms with Gasteiger partial charge in [-0.05, 0) is 12.8 Å². The zero-order chi connectivity index (χ0) is 10.3. The summed E-state index contributed by atoms with van der Waals surface area (Å²) in [6.45, 7) is 0.472. The number of hydrogen-bond donors (Lipinski definition) is 3. The molecule has 92 valence electrons. The summed E-state index contributed by atoms with van der Waals surface area (Å²) in [7, 11) is 0. The van der Waals surface area contributed by atoms with Crippen LogP contribution in [0.25, 0.3) is 0 Å². The van der Waals surface area contributed by atoms with E-state index in [2.05, 4.69) is 4.99 Å². The second-order valence-electron chi connectivity index (χ2n) is 2.59. The lowest BCUT2D eigenvalue weighted by atomic mass is 10.2. The SMILES string of the molecule is Cl.Cl.NC(CCl)=NCCC[C@H](N)C(=O)O. The Morgan fingerprint density at radius 1 is 1.47 bits per heavy atom. The maximum Gasteiger partial charge on any atom is 0.320 e. The highest BCUT2D eigenvalue weighted by molar-refractivity contribution is 6.27. The van der Waals surface area contributed by atoms with E-state index in [9.17, 15) is 4.79 Å². The molecule has 0 rings (SSSR count). The van der Waals surface area contributed by atoms with E-state index in [1.165, 1.54) is 0 Å². The molecule has 0 saturated carbocycles. The monoisotopic (exact) mass is 279 g/mol. The Morgan fingerprint density at radius 2 is 2.00 bits per heavy atom. The van der Waals surface area contributed by atoms with Gasteiger partial charge in [0.05, 0.1) is 5.88 Å². The van der Waals surface area contributed by atoms with Crippen molar-refractivity contribution in [3.8, 4) is 0 Å². The largest absolute Gasteiger partial charge is 0.480 e. The number of carboxylic acids is 1. The van der Waals surface area contributed by atoms with Gasteiger partial charge >= 0.3 is 5.97 Å². The Morgan fingerprint density at radius 3 is 2.40 bits per heavy atom. The minimum absolute atomic E-state index is 0. The maximum atomic E-state index is 10.3. The molecule has 0 aromatic carbocycles. The summed E-state index contributed by atoms with van der Waals surface area (Å²) >= 11 is 5.37. The van der Waals surface area contributed by atoms with Gasteiger partial charge in [0.15, 0.2) is 0 Å². The number of nitrogens with two attached hydrogens (primary N) is 2. The van der Waals surface area contributed by atoms with E-state index in [1.807, 2.05) is 0 Å². The molecule has 1 atom stereocenters. The highest BCUT2D eigenvalue weighted by atomic mass is 35.5. The first kappa shape index (κ1) is 20.2. The number of carboxylic acid groups (broad SMARTS) is 1. The van der Waals surface area contributed by atoms with E-state index in [1.54, 1.807) is 0 Å². The minimum Gasteiger partial charge on any atom is -0.480 e. The van der Waals surface area contributed by atoms with E-state index < -0.39 is 12.0 Å². The quantitative estimate of drug-likeness (QED) is 0.287. The highest BCUT2D eigenvalue weighted by Gasteiger charge is 2.09. The first-order chi connectivity index (χ1) is 6.07. The number of carbonyl (C=O) groups is 1. The lowest BCUT2D eigenvalue weighted by molar-refractivity contribution is -0.138. The fraction of sp³-hybridized carbons (Fsp3) is 0.714. The molecule has 0 aliphatic rings. The van der Waals surface area contributed by atoms with Gasteiger partial charge in [0.2, 0.25) is 0 Å². The van der Waals surface area contributed by atoms with Gasteiger partial charge in [-0.3, -0.25) is 9.79 Å². The molecule has 0 fully saturated rings. The van der Waals surface area contributed by atoms with Gasteiger partial charge in [0, 0.05) is 6.54 Å². The van der Waals surface area contributed by atoms with Crippen molar-refractivity contribution in [1.29, 1.82) is 0 Å². The van der Waals surface area contributed by atoms with Gasteiger partial charge in [-0.1, -0.05) is 0 Å². The second kappa shape index (κ2) is 11.8. The molecule has 0 radical (unpaired) electrons. The normalized spacial score (nSPS) is 12.3. The molecular formula is C7H16Cl3N3O2. The molecule has 8 heteroatoms. The smallest absolute Gasteiger partial charge is 0.320 e. The molecule has 0 bridgehead atoms. The van der Waals surface area contributed by atoms with E-state index in [0.717, 1.165) is 0 Å². The summed E-state index contributed by atoms with van der Waals surface area (Å²) in [5.41, 5.74) is 10.6. The van der Waals surface area contributed by atoms with Crippen molar-refractivity contribution < 1.29 is 9.90 Å². The van der Waals surface area contributed by atoms with E-state index >= 15 is 0 Å². The molecule has 0 aromatic heterocycles. The topological polar surface area (TPSA) is 102 Å². The summed E-state index contributed by atoms with van der Waals surface area (Å²) in [6, 6.07) is -0.813. The van der Waals surface area contributed by atoms with Crippen molar-refractivity contribution in [2.45, 2.75) is 18.9 Å². The van der Waals surface area contributed by atoms with Crippen LogP contribution in [0.3, 0.4) is 0 Å². The fourth-order valence-corrected chi connectivity index (χ4v) is 0.784. The molecule has 0 aliphatic carbocycles. The lowest BCUT2D eigenvalue weighted by Crippen LogP contribution is -2.30. The van der Waals surface area contributed by atoms with E-state index in [-0.39, 0.29) is 30.7 Å². The van der Waals surface area contributed by atoms with E-state index in [4.69, 9.17) is 28.2 Å². The van der Waals surface area contributed by atoms with Crippen LogP contribution < -0.4 is 11.5 Å². The Kier molecular flexibility index (Phi) is 16.0. The molecule has 5 N–H and O–H groups in total. The van der Waals surface area contributed by atoms with Gasteiger partial charge in [0.25, 0.3) is 0 Å². The minimum atomic E-state index is -0.991. The molecule has 5 nitrogen and oxygen atoms in total. The number of hydrogen-bond acceptors (Lipinski definition) is 3. The Labute approximate surface area is 106 Å². The number of rotatable bonds is 6. The number of amidine groups is 1. The van der Waals surface area contributed by atoms with E-state index in [0.29, 0.717) is 25.2 Å². The molecule has 0 saturated heterocycles. The third-order valence-corrected chi connectivity index (χ3v) is 1.72. The molecule has 0 aromatic rings. The molecule has 0 amide bonds. The van der Waals surface area contributed by atoms with Crippen LogP contribution in [0, 0.1) is 0 Å². The van der Waals surface area contributed by atoms with Crippen molar-refractivity contribution in [2.75, 3.05) is 12.4 Å². The summed E-state index contributed by atoms with van der Waals surface area (Å²) in [5, 5.41) is 8.43. The van der Waals surface area contributed by atoms with Crippen molar-refractivity contribution in [3.05, 3.63) is 0 Å². The molecule has 0 heterocycles. The standard InChI is InChI=1S/C7H14ClN3O2.2ClH/c8-4-6(10)11-3-1-2-5(9)7(12)13;;/h5H,1-4,9H2,(H2,10,11)(H,12,13);2*1H/t5-;;/m0../s1. The van der Waals surface area contributed by atoms with Gasteiger partial charge in [-0.2, -0.15) is 0 Å². The molecule has 15 heavy (non-hydrogen) atoms.